The van der Waals surface area contributed by atoms with Gasteiger partial charge in [-0.25, -0.2) is 4.98 Å². The molecule has 0 aliphatic heterocycles. The molecule has 1 rings (SSSR count). The lowest BCUT2D eigenvalue weighted by Crippen LogP contribution is -2.52. The van der Waals surface area contributed by atoms with Gasteiger partial charge in [0, 0.05) is 18.3 Å². The Labute approximate surface area is 152 Å². The molecule has 0 aromatic carbocycles. The average molecular weight is 384 g/mol. The zero-order valence-corrected chi connectivity index (χ0v) is 14.1. The number of nitrogens with one attached hydrogen (secondary N) is 4. The Morgan fingerprint density at radius 3 is 2.30 bits per heavy atom. The number of aliphatic carboxylic acids is 2. The van der Waals surface area contributed by atoms with Crippen LogP contribution < -0.4 is 21.7 Å². The van der Waals surface area contributed by atoms with Crippen molar-refractivity contribution < 1.29 is 34.2 Å². The summed E-state index contributed by atoms with van der Waals surface area (Å²) in [6.07, 6.45) is 2.20. The standard InChI is InChI=1S/C14H20N6O7/c15-8(2-11(22)23)13(26)17-4-10(21)20-9(1-7-3-16-6-19-7)14(27)18-5-12(24)25/h3,6,8-9H,1-2,4-5,15H2,(H,16,19)(H,17,26)(H,18,27)(H,20,21)(H,22,23)(H,24,25). The summed E-state index contributed by atoms with van der Waals surface area (Å²) in [7, 11) is 0. The van der Waals surface area contributed by atoms with Gasteiger partial charge in [0.15, 0.2) is 0 Å². The van der Waals surface area contributed by atoms with Gasteiger partial charge in [-0.15, -0.1) is 0 Å². The predicted molar refractivity (Wildman–Crippen MR) is 88.1 cm³/mol. The lowest BCUT2D eigenvalue weighted by atomic mass is 10.1. The number of carboxylic acid groups (broad SMARTS) is 2. The van der Waals surface area contributed by atoms with E-state index in [4.69, 9.17) is 15.9 Å². The summed E-state index contributed by atoms with van der Waals surface area (Å²) in [5.74, 6) is -4.85. The van der Waals surface area contributed by atoms with Gasteiger partial charge >= 0.3 is 11.9 Å². The van der Waals surface area contributed by atoms with Crippen LogP contribution in [0, 0.1) is 0 Å². The van der Waals surface area contributed by atoms with Crippen molar-refractivity contribution in [1.29, 1.82) is 0 Å². The fourth-order valence-corrected chi connectivity index (χ4v) is 1.94. The van der Waals surface area contributed by atoms with E-state index in [1.807, 2.05) is 0 Å². The molecule has 27 heavy (non-hydrogen) atoms. The average Bonchev–Trinajstić information content (AvgIpc) is 3.09. The molecule has 8 N–H and O–H groups in total. The van der Waals surface area contributed by atoms with Crippen LogP contribution in [0.4, 0.5) is 0 Å². The number of H-pyrrole nitrogens is 1. The third-order valence-electron chi connectivity index (χ3n) is 3.20. The second-order valence-electron chi connectivity index (χ2n) is 5.43. The van der Waals surface area contributed by atoms with Gasteiger partial charge in [-0.1, -0.05) is 0 Å². The van der Waals surface area contributed by atoms with Crippen LogP contribution in [0.5, 0.6) is 0 Å². The van der Waals surface area contributed by atoms with E-state index in [0.717, 1.165) is 0 Å². The van der Waals surface area contributed by atoms with E-state index < -0.39 is 61.3 Å². The van der Waals surface area contributed by atoms with Crippen LogP contribution in [-0.2, 0) is 30.4 Å². The Balaban J connectivity index is 2.61. The van der Waals surface area contributed by atoms with Gasteiger partial charge < -0.3 is 36.9 Å². The summed E-state index contributed by atoms with van der Waals surface area (Å²) in [5, 5.41) is 23.8. The quantitative estimate of drug-likeness (QED) is 0.201. The maximum Gasteiger partial charge on any atom is 0.322 e. The summed E-state index contributed by atoms with van der Waals surface area (Å²) in [4.78, 5) is 63.2. The zero-order chi connectivity index (χ0) is 20.4. The number of rotatable bonds is 11. The van der Waals surface area contributed by atoms with Crippen molar-refractivity contribution in [2.75, 3.05) is 13.1 Å². The van der Waals surface area contributed by atoms with E-state index in [2.05, 4.69) is 25.9 Å². The highest BCUT2D eigenvalue weighted by Gasteiger charge is 2.23. The second-order valence-corrected chi connectivity index (χ2v) is 5.43. The summed E-state index contributed by atoms with van der Waals surface area (Å²) in [6.45, 7) is -1.17. The summed E-state index contributed by atoms with van der Waals surface area (Å²) in [6, 6.07) is -2.45. The first kappa shape index (κ1) is 21.6. The van der Waals surface area contributed by atoms with Crippen molar-refractivity contribution in [2.45, 2.75) is 24.9 Å². The molecule has 0 saturated heterocycles. The highest BCUT2D eigenvalue weighted by atomic mass is 16.4. The minimum atomic E-state index is -1.32. The van der Waals surface area contributed by atoms with Crippen molar-refractivity contribution in [3.8, 4) is 0 Å². The van der Waals surface area contributed by atoms with Gasteiger partial charge in [0.1, 0.15) is 12.6 Å². The molecule has 3 amide bonds. The van der Waals surface area contributed by atoms with E-state index >= 15 is 0 Å². The number of carbonyl (C=O) groups is 5. The first-order valence-corrected chi connectivity index (χ1v) is 7.70. The first-order chi connectivity index (χ1) is 12.7. The molecule has 0 aliphatic rings. The lowest BCUT2D eigenvalue weighted by Gasteiger charge is -2.18. The molecule has 2 unspecified atom stereocenters. The SMILES string of the molecule is NC(CC(=O)O)C(=O)NCC(=O)NC(Cc1cnc[nH]1)C(=O)NCC(=O)O. The van der Waals surface area contributed by atoms with Crippen molar-refractivity contribution >= 4 is 29.7 Å². The number of nitrogens with two attached hydrogens (primary N) is 1. The van der Waals surface area contributed by atoms with E-state index in [-0.39, 0.29) is 6.42 Å². The largest absolute Gasteiger partial charge is 0.481 e. The van der Waals surface area contributed by atoms with Crippen molar-refractivity contribution in [3.05, 3.63) is 18.2 Å². The second kappa shape index (κ2) is 10.5. The lowest BCUT2D eigenvalue weighted by molar-refractivity contribution is -0.139. The fourth-order valence-electron chi connectivity index (χ4n) is 1.94. The molecule has 2 atom stereocenters. The number of carbonyl (C=O) groups excluding carboxylic acids is 3. The first-order valence-electron chi connectivity index (χ1n) is 7.70. The molecular weight excluding hydrogens is 364 g/mol. The van der Waals surface area contributed by atoms with Gasteiger partial charge in [0.2, 0.25) is 17.7 Å². The number of carboxylic acids is 2. The van der Waals surface area contributed by atoms with Gasteiger partial charge in [-0.3, -0.25) is 24.0 Å². The van der Waals surface area contributed by atoms with Crippen molar-refractivity contribution in [1.82, 2.24) is 25.9 Å². The number of aromatic nitrogens is 2. The van der Waals surface area contributed by atoms with Gasteiger partial charge in [0.25, 0.3) is 0 Å². The third-order valence-corrected chi connectivity index (χ3v) is 3.20. The van der Waals surface area contributed by atoms with Crippen LogP contribution in [0.25, 0.3) is 0 Å². The van der Waals surface area contributed by atoms with Gasteiger partial charge in [0.05, 0.1) is 25.3 Å². The van der Waals surface area contributed by atoms with Crippen LogP contribution in [-0.4, -0.2) is 75.0 Å². The molecule has 13 nitrogen and oxygen atoms in total. The Kier molecular flexibility index (Phi) is 8.38. The molecule has 13 heteroatoms. The van der Waals surface area contributed by atoms with Crippen molar-refractivity contribution in [2.24, 2.45) is 5.73 Å². The number of aromatic amines is 1. The molecule has 1 aromatic heterocycles. The molecule has 0 bridgehead atoms. The molecule has 1 heterocycles. The zero-order valence-electron chi connectivity index (χ0n) is 14.1. The van der Waals surface area contributed by atoms with Gasteiger partial charge in [-0.05, 0) is 0 Å². The van der Waals surface area contributed by atoms with Crippen LogP contribution >= 0.6 is 0 Å². The molecular formula is C14H20N6O7. The number of amides is 3. The summed E-state index contributed by atoms with van der Waals surface area (Å²) in [5.41, 5.74) is 5.87. The molecule has 0 aliphatic carbocycles. The predicted octanol–water partition coefficient (Wildman–Crippen LogP) is -3.44. The minimum Gasteiger partial charge on any atom is -0.481 e. The fraction of sp³-hybridized carbons (Fsp3) is 0.429. The molecule has 0 fully saturated rings. The number of hydrogen-bond donors (Lipinski definition) is 7. The topological polar surface area (TPSA) is 217 Å². The monoisotopic (exact) mass is 384 g/mol. The van der Waals surface area contributed by atoms with Crippen LogP contribution in [0.3, 0.4) is 0 Å². The highest BCUT2D eigenvalue weighted by molar-refractivity contribution is 5.92. The van der Waals surface area contributed by atoms with E-state index in [0.29, 0.717) is 5.69 Å². The molecule has 0 spiro atoms. The Bertz CT molecular complexity index is 690. The smallest absolute Gasteiger partial charge is 0.322 e. The van der Waals surface area contributed by atoms with Crippen molar-refractivity contribution in [3.63, 3.8) is 0 Å². The van der Waals surface area contributed by atoms with Crippen LogP contribution in [0.15, 0.2) is 12.5 Å². The van der Waals surface area contributed by atoms with E-state index in [1.165, 1.54) is 12.5 Å². The molecule has 1 aromatic rings. The normalized spacial score (nSPS) is 12.5. The van der Waals surface area contributed by atoms with E-state index in [1.54, 1.807) is 0 Å². The number of hydrogen-bond acceptors (Lipinski definition) is 7. The maximum atomic E-state index is 12.1. The summed E-state index contributed by atoms with van der Waals surface area (Å²) < 4.78 is 0. The minimum absolute atomic E-state index is 0.00364. The number of nitrogens with zero attached hydrogens (tertiary/aromatic N) is 1. The third kappa shape index (κ3) is 8.44. The molecule has 0 saturated carbocycles. The molecule has 0 radical (unpaired) electrons. The van der Waals surface area contributed by atoms with E-state index in [9.17, 15) is 24.0 Å². The van der Waals surface area contributed by atoms with Crippen LogP contribution in [0.2, 0.25) is 0 Å². The Hall–Kier alpha value is -3.48. The number of imidazole rings is 1. The van der Waals surface area contributed by atoms with Gasteiger partial charge in [-0.2, -0.15) is 0 Å². The maximum absolute atomic E-state index is 12.1. The summed E-state index contributed by atoms with van der Waals surface area (Å²) >= 11 is 0. The van der Waals surface area contributed by atoms with Crippen LogP contribution in [0.1, 0.15) is 12.1 Å². The Morgan fingerprint density at radius 1 is 1.07 bits per heavy atom. The highest BCUT2D eigenvalue weighted by Crippen LogP contribution is 1.99. The molecule has 148 valence electrons. The Morgan fingerprint density at radius 2 is 1.74 bits per heavy atom.